The number of rotatable bonds is 2. The first-order chi connectivity index (χ1) is 6.96. The summed E-state index contributed by atoms with van der Waals surface area (Å²) in [6.45, 7) is 3.52. The second-order valence-electron chi connectivity index (χ2n) is 4.48. The van der Waals surface area contributed by atoms with Crippen LogP contribution >= 0.6 is 0 Å². The van der Waals surface area contributed by atoms with Gasteiger partial charge in [-0.05, 0) is 38.1 Å². The second kappa shape index (κ2) is 3.26. The lowest BCUT2D eigenvalue weighted by Crippen LogP contribution is -2.20. The monoisotopic (exact) mass is 206 g/mol. The topological polar surface area (TPSA) is 30.9 Å². The summed E-state index contributed by atoms with van der Waals surface area (Å²) in [4.78, 5) is 0. The molecule has 0 fully saturated rings. The minimum Gasteiger partial charge on any atom is -0.399 e. The van der Waals surface area contributed by atoms with Crippen molar-refractivity contribution >= 4 is 16.6 Å². The normalized spacial score (nSPS) is 12.2. The number of hydrogen-bond acceptors (Lipinski definition) is 1. The maximum absolute atomic E-state index is 13.5. The Morgan fingerprint density at radius 1 is 1.33 bits per heavy atom. The van der Waals surface area contributed by atoms with Crippen molar-refractivity contribution in [3.8, 4) is 0 Å². The average molecular weight is 206 g/mol. The Hall–Kier alpha value is -1.51. The lowest BCUT2D eigenvalue weighted by atomic mass is 10.1. The van der Waals surface area contributed by atoms with E-state index in [1.54, 1.807) is 13.8 Å². The molecule has 0 bridgehead atoms. The summed E-state index contributed by atoms with van der Waals surface area (Å²) in [5.41, 5.74) is 6.23. The maximum atomic E-state index is 13.5. The van der Waals surface area contributed by atoms with E-state index < -0.39 is 5.67 Å². The fraction of sp³-hybridized carbons (Fsp3) is 0.333. The van der Waals surface area contributed by atoms with Gasteiger partial charge in [0.15, 0.2) is 0 Å². The minimum absolute atomic E-state index is 0.362. The average Bonchev–Trinajstić information content (AvgIpc) is 2.45. The van der Waals surface area contributed by atoms with Gasteiger partial charge in [0.2, 0.25) is 0 Å². The molecule has 2 rings (SSSR count). The number of aromatic nitrogens is 1. The highest BCUT2D eigenvalue weighted by atomic mass is 19.1. The first-order valence-corrected chi connectivity index (χ1v) is 4.99. The summed E-state index contributed by atoms with van der Waals surface area (Å²) in [5.74, 6) is 0. The summed E-state index contributed by atoms with van der Waals surface area (Å²) < 4.78 is 15.4. The van der Waals surface area contributed by atoms with Gasteiger partial charge in [-0.2, -0.15) is 0 Å². The van der Waals surface area contributed by atoms with E-state index in [9.17, 15) is 4.39 Å². The van der Waals surface area contributed by atoms with Crippen LogP contribution in [0.3, 0.4) is 0 Å². The predicted molar refractivity (Wildman–Crippen MR) is 61.5 cm³/mol. The molecule has 80 valence electrons. The molecule has 1 aromatic carbocycles. The summed E-state index contributed by atoms with van der Waals surface area (Å²) in [5, 5.41) is 1.05. The van der Waals surface area contributed by atoms with Gasteiger partial charge in [-0.3, -0.25) is 0 Å². The summed E-state index contributed by atoms with van der Waals surface area (Å²) >= 11 is 0. The van der Waals surface area contributed by atoms with Gasteiger partial charge in [-0.15, -0.1) is 0 Å². The molecule has 0 aliphatic rings. The van der Waals surface area contributed by atoms with Gasteiger partial charge in [0.25, 0.3) is 0 Å². The Morgan fingerprint density at radius 3 is 2.73 bits per heavy atom. The van der Waals surface area contributed by atoms with Crippen LogP contribution in [0, 0.1) is 0 Å². The van der Waals surface area contributed by atoms with Crippen LogP contribution in [0.1, 0.15) is 13.8 Å². The predicted octanol–water partition coefficient (Wildman–Crippen LogP) is 2.97. The van der Waals surface area contributed by atoms with Crippen LogP contribution in [0.4, 0.5) is 10.1 Å². The van der Waals surface area contributed by atoms with Crippen molar-refractivity contribution in [2.45, 2.75) is 26.1 Å². The lowest BCUT2D eigenvalue weighted by molar-refractivity contribution is 0.188. The van der Waals surface area contributed by atoms with Gasteiger partial charge in [0, 0.05) is 22.8 Å². The lowest BCUT2D eigenvalue weighted by Gasteiger charge is -2.15. The standard InChI is InChI=1S/C12H15FN2/c1-12(2,13)8-15-6-5-9-7-10(14)3-4-11(9)15/h3-7H,8,14H2,1-2H3. The summed E-state index contributed by atoms with van der Waals surface area (Å²) in [7, 11) is 0. The molecular formula is C12H15FN2. The third-order valence-electron chi connectivity index (χ3n) is 2.34. The molecule has 15 heavy (non-hydrogen) atoms. The van der Waals surface area contributed by atoms with E-state index in [0.717, 1.165) is 16.6 Å². The van der Waals surface area contributed by atoms with Crippen LogP contribution in [0.5, 0.6) is 0 Å². The Balaban J connectivity index is 2.45. The van der Waals surface area contributed by atoms with Crippen LogP contribution in [-0.4, -0.2) is 10.2 Å². The molecule has 0 saturated heterocycles. The van der Waals surface area contributed by atoms with Gasteiger partial charge >= 0.3 is 0 Å². The highest BCUT2D eigenvalue weighted by molar-refractivity contribution is 5.83. The molecule has 2 nitrogen and oxygen atoms in total. The highest BCUT2D eigenvalue weighted by Crippen LogP contribution is 2.21. The third-order valence-corrected chi connectivity index (χ3v) is 2.34. The molecule has 3 heteroatoms. The van der Waals surface area contributed by atoms with E-state index >= 15 is 0 Å². The molecule has 2 N–H and O–H groups in total. The number of anilines is 1. The van der Waals surface area contributed by atoms with Crippen LogP contribution in [0.15, 0.2) is 30.5 Å². The molecule has 2 aromatic rings. The van der Waals surface area contributed by atoms with E-state index in [0.29, 0.717) is 6.54 Å². The zero-order valence-corrected chi connectivity index (χ0v) is 9.00. The van der Waals surface area contributed by atoms with Crippen molar-refractivity contribution in [1.82, 2.24) is 4.57 Å². The molecule has 1 heterocycles. The van der Waals surface area contributed by atoms with Crippen molar-refractivity contribution in [2.75, 3.05) is 5.73 Å². The Kier molecular flexibility index (Phi) is 2.18. The number of benzene rings is 1. The second-order valence-corrected chi connectivity index (χ2v) is 4.48. The number of nitrogen functional groups attached to an aromatic ring is 1. The van der Waals surface area contributed by atoms with E-state index in [1.165, 1.54) is 0 Å². The number of hydrogen-bond donors (Lipinski definition) is 1. The fourth-order valence-electron chi connectivity index (χ4n) is 1.76. The quantitative estimate of drug-likeness (QED) is 0.752. The fourth-order valence-corrected chi connectivity index (χ4v) is 1.76. The summed E-state index contributed by atoms with van der Waals surface area (Å²) in [6, 6.07) is 7.62. The van der Waals surface area contributed by atoms with E-state index in [4.69, 9.17) is 5.73 Å². The van der Waals surface area contributed by atoms with Crippen LogP contribution in [-0.2, 0) is 6.54 Å². The van der Waals surface area contributed by atoms with Crippen LogP contribution in [0.2, 0.25) is 0 Å². The number of halogens is 1. The molecule has 0 spiro atoms. The van der Waals surface area contributed by atoms with Crippen molar-refractivity contribution in [1.29, 1.82) is 0 Å². The van der Waals surface area contributed by atoms with Crippen molar-refractivity contribution < 1.29 is 4.39 Å². The van der Waals surface area contributed by atoms with E-state index in [-0.39, 0.29) is 0 Å². The largest absolute Gasteiger partial charge is 0.399 e. The molecular weight excluding hydrogens is 191 g/mol. The number of alkyl halides is 1. The Bertz CT molecular complexity index is 480. The number of nitrogens with two attached hydrogens (primary N) is 1. The molecule has 0 aliphatic carbocycles. The number of fused-ring (bicyclic) bond motifs is 1. The maximum Gasteiger partial charge on any atom is 0.123 e. The Labute approximate surface area is 88.5 Å². The van der Waals surface area contributed by atoms with Crippen LogP contribution < -0.4 is 5.73 Å². The van der Waals surface area contributed by atoms with Gasteiger partial charge in [-0.25, -0.2) is 4.39 Å². The van der Waals surface area contributed by atoms with Crippen LogP contribution in [0.25, 0.3) is 10.9 Å². The van der Waals surface area contributed by atoms with Crippen molar-refractivity contribution in [2.24, 2.45) is 0 Å². The first kappa shape index (κ1) is 10.0. The Morgan fingerprint density at radius 2 is 2.07 bits per heavy atom. The minimum atomic E-state index is -1.20. The molecule has 1 aromatic heterocycles. The van der Waals surface area contributed by atoms with Gasteiger partial charge in [-0.1, -0.05) is 0 Å². The smallest absolute Gasteiger partial charge is 0.123 e. The molecule has 0 aliphatic heterocycles. The van der Waals surface area contributed by atoms with Gasteiger partial charge in [0.1, 0.15) is 5.67 Å². The van der Waals surface area contributed by atoms with Gasteiger partial charge < -0.3 is 10.3 Å². The first-order valence-electron chi connectivity index (χ1n) is 4.99. The van der Waals surface area contributed by atoms with Crippen molar-refractivity contribution in [3.63, 3.8) is 0 Å². The molecule has 0 unspecified atom stereocenters. The molecule has 0 atom stereocenters. The summed E-state index contributed by atoms with van der Waals surface area (Å²) in [6.07, 6.45) is 1.89. The van der Waals surface area contributed by atoms with Crippen molar-refractivity contribution in [3.05, 3.63) is 30.5 Å². The molecule has 0 radical (unpaired) electrons. The zero-order chi connectivity index (χ0) is 11.1. The zero-order valence-electron chi connectivity index (χ0n) is 9.00. The van der Waals surface area contributed by atoms with E-state index in [1.807, 2.05) is 35.0 Å². The van der Waals surface area contributed by atoms with E-state index in [2.05, 4.69) is 0 Å². The van der Waals surface area contributed by atoms with Gasteiger partial charge in [0.05, 0.1) is 6.54 Å². The molecule has 0 amide bonds. The SMILES string of the molecule is CC(C)(F)Cn1ccc2cc(N)ccc21. The number of nitrogens with zero attached hydrogens (tertiary/aromatic N) is 1. The highest BCUT2D eigenvalue weighted by Gasteiger charge is 2.16. The third kappa shape index (κ3) is 2.12. The molecule has 0 saturated carbocycles.